The van der Waals surface area contributed by atoms with Crippen molar-refractivity contribution < 1.29 is 14.3 Å². The highest BCUT2D eigenvalue weighted by molar-refractivity contribution is 8.23. The lowest BCUT2D eigenvalue weighted by molar-refractivity contribution is -0.123. The Morgan fingerprint density at radius 2 is 2.38 bits per heavy atom. The first-order valence-corrected chi connectivity index (χ1v) is 7.51. The molecule has 21 heavy (non-hydrogen) atoms. The van der Waals surface area contributed by atoms with E-state index in [2.05, 4.69) is 11.7 Å². The molecule has 1 aromatic carbocycles. The van der Waals surface area contributed by atoms with Gasteiger partial charge < -0.3 is 9.47 Å². The highest BCUT2D eigenvalue weighted by atomic mass is 32.2. The second-order valence-corrected chi connectivity index (χ2v) is 5.59. The Labute approximate surface area is 132 Å². The van der Waals surface area contributed by atoms with Crippen LogP contribution in [0, 0.1) is 0 Å². The van der Waals surface area contributed by atoms with Crippen LogP contribution in [-0.4, -0.2) is 40.9 Å². The van der Waals surface area contributed by atoms with E-state index >= 15 is 0 Å². The first kappa shape index (κ1) is 15.5. The molecular weight excluding hydrogens is 308 g/mol. The quantitative estimate of drug-likeness (QED) is 0.457. The number of hydrazone groups is 1. The number of carbonyl (C=O) groups is 1. The van der Waals surface area contributed by atoms with Gasteiger partial charge in [0.15, 0.2) is 15.8 Å². The molecule has 5 nitrogen and oxygen atoms in total. The summed E-state index contributed by atoms with van der Waals surface area (Å²) in [5, 5.41) is 5.35. The van der Waals surface area contributed by atoms with Crippen molar-refractivity contribution in [3.63, 3.8) is 0 Å². The lowest BCUT2D eigenvalue weighted by Crippen LogP contribution is -2.22. The molecule has 0 radical (unpaired) electrons. The summed E-state index contributed by atoms with van der Waals surface area (Å²) in [6.07, 6.45) is 3.18. The third-order valence-electron chi connectivity index (χ3n) is 2.62. The number of amides is 1. The fraction of sp³-hybridized carbons (Fsp3) is 0.214. The fourth-order valence-corrected chi connectivity index (χ4v) is 2.64. The first-order valence-electron chi connectivity index (χ1n) is 6.11. The van der Waals surface area contributed by atoms with E-state index in [1.165, 1.54) is 23.0 Å². The van der Waals surface area contributed by atoms with Gasteiger partial charge in [0.1, 0.15) is 6.61 Å². The third-order valence-corrected chi connectivity index (χ3v) is 3.95. The fourth-order valence-electron chi connectivity index (χ4n) is 1.67. The van der Waals surface area contributed by atoms with Crippen LogP contribution < -0.4 is 9.47 Å². The molecule has 1 aliphatic heterocycles. The molecule has 110 valence electrons. The van der Waals surface area contributed by atoms with Crippen molar-refractivity contribution >= 4 is 40.4 Å². The Hall–Kier alpha value is -1.86. The molecule has 7 heteroatoms. The van der Waals surface area contributed by atoms with E-state index in [1.807, 2.05) is 12.1 Å². The normalized spacial score (nSPS) is 14.8. The van der Waals surface area contributed by atoms with E-state index in [9.17, 15) is 4.79 Å². The van der Waals surface area contributed by atoms with Crippen LogP contribution in [0.25, 0.3) is 0 Å². The van der Waals surface area contributed by atoms with E-state index in [1.54, 1.807) is 19.3 Å². The van der Waals surface area contributed by atoms with Crippen LogP contribution in [-0.2, 0) is 4.79 Å². The number of benzene rings is 1. The minimum atomic E-state index is -0.127. The first-order chi connectivity index (χ1) is 10.2. The number of carbonyl (C=O) groups excluding carboxylic acids is 1. The van der Waals surface area contributed by atoms with Crippen molar-refractivity contribution in [2.24, 2.45) is 5.10 Å². The molecule has 2 rings (SSSR count). The molecule has 1 aliphatic rings. The molecule has 0 aliphatic carbocycles. The van der Waals surface area contributed by atoms with Crippen molar-refractivity contribution in [1.29, 1.82) is 0 Å². The van der Waals surface area contributed by atoms with Gasteiger partial charge in [0, 0.05) is 5.56 Å². The lowest BCUT2D eigenvalue weighted by Gasteiger charge is -2.12. The zero-order chi connectivity index (χ0) is 15.2. The van der Waals surface area contributed by atoms with Gasteiger partial charge in [-0.15, -0.1) is 0 Å². The number of thioether (sulfide) groups is 1. The minimum absolute atomic E-state index is 0.127. The van der Waals surface area contributed by atoms with Crippen molar-refractivity contribution in [2.75, 3.05) is 19.5 Å². The van der Waals surface area contributed by atoms with Gasteiger partial charge in [0.25, 0.3) is 5.91 Å². The van der Waals surface area contributed by atoms with Crippen LogP contribution in [0.15, 0.2) is 36.0 Å². The van der Waals surface area contributed by atoms with Crippen molar-refractivity contribution in [3.8, 4) is 11.5 Å². The molecule has 0 atom stereocenters. The number of methoxy groups -OCH3 is 1. The Morgan fingerprint density at radius 3 is 3.00 bits per heavy atom. The molecule has 1 amide bonds. The Bertz CT molecular complexity index is 586. The number of hydrogen-bond donors (Lipinski definition) is 0. The van der Waals surface area contributed by atoms with Crippen LogP contribution in [0.2, 0.25) is 0 Å². The summed E-state index contributed by atoms with van der Waals surface area (Å²) in [6.45, 7) is 3.96. The van der Waals surface area contributed by atoms with Crippen LogP contribution in [0.4, 0.5) is 0 Å². The summed E-state index contributed by atoms with van der Waals surface area (Å²) < 4.78 is 11.3. The predicted molar refractivity (Wildman–Crippen MR) is 88.2 cm³/mol. The molecule has 0 N–H and O–H groups in total. The third kappa shape index (κ3) is 3.62. The Morgan fingerprint density at radius 1 is 1.57 bits per heavy atom. The van der Waals surface area contributed by atoms with E-state index in [0.717, 1.165) is 0 Å². The molecule has 0 aromatic heterocycles. The summed E-state index contributed by atoms with van der Waals surface area (Å²) >= 11 is 6.37. The number of ether oxygens (including phenoxy) is 2. The largest absolute Gasteiger partial charge is 0.493 e. The molecule has 0 spiro atoms. The minimum Gasteiger partial charge on any atom is -0.493 e. The average molecular weight is 322 g/mol. The molecule has 0 unspecified atom stereocenters. The van der Waals surface area contributed by atoms with Gasteiger partial charge in [-0.3, -0.25) is 4.79 Å². The highest BCUT2D eigenvalue weighted by Crippen LogP contribution is 2.30. The topological polar surface area (TPSA) is 51.1 Å². The van der Waals surface area contributed by atoms with Gasteiger partial charge in [0.05, 0.1) is 19.1 Å². The molecule has 1 aromatic rings. The number of thiocarbonyl (C=S) groups is 1. The molecule has 1 heterocycles. The van der Waals surface area contributed by atoms with Crippen molar-refractivity contribution in [1.82, 2.24) is 5.01 Å². The maximum atomic E-state index is 11.6. The molecule has 1 saturated heterocycles. The smallest absolute Gasteiger partial charge is 0.259 e. The predicted octanol–water partition coefficient (Wildman–Crippen LogP) is 2.45. The standard InChI is InChI=1S/C14H14N2O3S2/c1-3-7-19-13-10(5-4-6-11(13)18-2)8-15-16-12(17)9-21-14(16)20/h3-6,8H,1,7,9H2,2H3/b15-8-. The van der Waals surface area contributed by atoms with Gasteiger partial charge in [0.2, 0.25) is 0 Å². The Kier molecular flexibility index (Phi) is 5.35. The van der Waals surface area contributed by atoms with Gasteiger partial charge in [-0.25, -0.2) is 0 Å². The molecular formula is C14H14N2O3S2. The van der Waals surface area contributed by atoms with E-state index in [-0.39, 0.29) is 5.91 Å². The van der Waals surface area contributed by atoms with E-state index in [4.69, 9.17) is 21.7 Å². The zero-order valence-electron chi connectivity index (χ0n) is 11.4. The zero-order valence-corrected chi connectivity index (χ0v) is 13.1. The van der Waals surface area contributed by atoms with Gasteiger partial charge in [-0.2, -0.15) is 10.1 Å². The van der Waals surface area contributed by atoms with Gasteiger partial charge in [-0.1, -0.05) is 42.7 Å². The SMILES string of the molecule is C=CCOc1c(/C=N\N2C(=O)CSC2=S)cccc1OC. The molecule has 0 saturated carbocycles. The average Bonchev–Trinajstić information content (AvgIpc) is 2.82. The number of para-hydroxylation sites is 1. The van der Waals surface area contributed by atoms with E-state index < -0.39 is 0 Å². The second kappa shape index (κ2) is 7.24. The summed E-state index contributed by atoms with van der Waals surface area (Å²) in [5.41, 5.74) is 0.698. The Balaban J connectivity index is 2.28. The van der Waals surface area contributed by atoms with Crippen LogP contribution in [0.1, 0.15) is 5.56 Å². The van der Waals surface area contributed by atoms with Crippen LogP contribution in [0.5, 0.6) is 11.5 Å². The van der Waals surface area contributed by atoms with Gasteiger partial charge in [-0.05, 0) is 12.1 Å². The highest BCUT2D eigenvalue weighted by Gasteiger charge is 2.26. The number of nitrogens with zero attached hydrogens (tertiary/aromatic N) is 2. The van der Waals surface area contributed by atoms with Gasteiger partial charge >= 0.3 is 0 Å². The number of rotatable bonds is 6. The van der Waals surface area contributed by atoms with Crippen molar-refractivity contribution in [3.05, 3.63) is 36.4 Å². The maximum Gasteiger partial charge on any atom is 0.259 e. The van der Waals surface area contributed by atoms with E-state index in [0.29, 0.717) is 33.7 Å². The van der Waals surface area contributed by atoms with Crippen LogP contribution >= 0.6 is 24.0 Å². The second-order valence-electron chi connectivity index (χ2n) is 3.98. The summed E-state index contributed by atoms with van der Waals surface area (Å²) in [4.78, 5) is 11.6. The maximum absolute atomic E-state index is 11.6. The lowest BCUT2D eigenvalue weighted by atomic mass is 10.2. The summed E-state index contributed by atoms with van der Waals surface area (Å²) in [5.74, 6) is 1.34. The summed E-state index contributed by atoms with van der Waals surface area (Å²) in [6, 6.07) is 5.43. The van der Waals surface area contributed by atoms with Crippen molar-refractivity contribution in [2.45, 2.75) is 0 Å². The monoisotopic (exact) mass is 322 g/mol. The molecule has 0 bridgehead atoms. The number of hydrogen-bond acceptors (Lipinski definition) is 6. The van der Waals surface area contributed by atoms with Crippen LogP contribution in [0.3, 0.4) is 0 Å². The summed E-state index contributed by atoms with van der Waals surface area (Å²) in [7, 11) is 1.56. The molecule has 1 fully saturated rings.